The Morgan fingerprint density at radius 1 is 1.15 bits per heavy atom. The Bertz CT molecular complexity index is 591. The van der Waals surface area contributed by atoms with Gasteiger partial charge in [-0.2, -0.15) is 0 Å². The van der Waals surface area contributed by atoms with Crippen molar-refractivity contribution in [2.75, 3.05) is 39.5 Å². The predicted molar refractivity (Wildman–Crippen MR) is 97.9 cm³/mol. The van der Waals surface area contributed by atoms with E-state index in [4.69, 9.17) is 29.3 Å². The van der Waals surface area contributed by atoms with Crippen molar-refractivity contribution in [2.45, 2.75) is 33.1 Å². The quantitative estimate of drug-likeness (QED) is 0.787. The Balaban J connectivity index is 0.000000487. The average molecular weight is 367 g/mol. The van der Waals surface area contributed by atoms with E-state index in [0.717, 1.165) is 45.2 Å². The Kier molecular flexibility index (Phi) is 8.54. The molecule has 1 fully saturated rings. The molecule has 0 saturated carbocycles. The lowest BCUT2D eigenvalue weighted by Crippen LogP contribution is -2.38. The van der Waals surface area contributed by atoms with Crippen molar-refractivity contribution in [3.8, 4) is 5.75 Å². The number of rotatable bonds is 4. The molecule has 1 aliphatic rings. The molecule has 1 saturated heterocycles. The first-order valence-corrected chi connectivity index (χ1v) is 8.61. The number of benzene rings is 1. The molecule has 0 amide bonds. The summed E-state index contributed by atoms with van der Waals surface area (Å²) < 4.78 is 11.4. The van der Waals surface area contributed by atoms with Crippen molar-refractivity contribution in [3.05, 3.63) is 29.3 Å². The smallest absolute Gasteiger partial charge is 0.414 e. The van der Waals surface area contributed by atoms with E-state index in [0.29, 0.717) is 0 Å². The first-order chi connectivity index (χ1) is 12.1. The lowest BCUT2D eigenvalue weighted by atomic mass is 9.86. The highest BCUT2D eigenvalue weighted by molar-refractivity contribution is 6.27. The van der Waals surface area contributed by atoms with Gasteiger partial charge in [0.15, 0.2) is 0 Å². The van der Waals surface area contributed by atoms with Crippen LogP contribution in [0.3, 0.4) is 0 Å². The summed E-state index contributed by atoms with van der Waals surface area (Å²) in [5.74, 6) is -2.62. The molecule has 0 radical (unpaired) electrons. The van der Waals surface area contributed by atoms with Crippen LogP contribution >= 0.6 is 0 Å². The van der Waals surface area contributed by atoms with Gasteiger partial charge >= 0.3 is 11.9 Å². The molecule has 0 unspecified atom stereocenters. The molecule has 2 rings (SSSR count). The number of hydrogen-bond donors (Lipinski definition) is 2. The van der Waals surface area contributed by atoms with Crippen LogP contribution < -0.4 is 4.74 Å². The van der Waals surface area contributed by atoms with Crippen LogP contribution in [0.1, 0.15) is 31.9 Å². The van der Waals surface area contributed by atoms with Gasteiger partial charge in [-0.05, 0) is 29.5 Å². The molecule has 0 aromatic heterocycles. The van der Waals surface area contributed by atoms with Crippen molar-refractivity contribution in [3.63, 3.8) is 0 Å². The van der Waals surface area contributed by atoms with Gasteiger partial charge in [0.1, 0.15) is 12.4 Å². The molecular weight excluding hydrogens is 338 g/mol. The normalized spacial score (nSPS) is 14.9. The van der Waals surface area contributed by atoms with Crippen LogP contribution in [0.15, 0.2) is 18.2 Å². The van der Waals surface area contributed by atoms with Gasteiger partial charge in [0, 0.05) is 19.6 Å². The molecule has 1 aromatic carbocycles. The monoisotopic (exact) mass is 367 g/mol. The van der Waals surface area contributed by atoms with E-state index in [-0.39, 0.29) is 5.41 Å². The number of aliphatic carboxylic acids is 2. The predicted octanol–water partition coefficient (Wildman–Crippen LogP) is 2.16. The molecule has 0 atom stereocenters. The molecule has 0 aliphatic carbocycles. The minimum Gasteiger partial charge on any atom is -0.492 e. The van der Waals surface area contributed by atoms with Gasteiger partial charge in [0.2, 0.25) is 0 Å². The second kappa shape index (κ2) is 10.1. The molecule has 1 aromatic rings. The van der Waals surface area contributed by atoms with Crippen molar-refractivity contribution >= 4 is 11.9 Å². The van der Waals surface area contributed by atoms with Crippen LogP contribution in [0.4, 0.5) is 0 Å². The van der Waals surface area contributed by atoms with Crippen molar-refractivity contribution in [1.82, 2.24) is 4.90 Å². The second-order valence-corrected chi connectivity index (χ2v) is 7.16. The number of carboxylic acids is 2. The lowest BCUT2D eigenvalue weighted by Gasteiger charge is -2.27. The molecular formula is C19H29NO6. The van der Waals surface area contributed by atoms with Crippen LogP contribution in [0.25, 0.3) is 0 Å². The molecule has 1 heterocycles. The van der Waals surface area contributed by atoms with E-state index in [1.165, 1.54) is 11.1 Å². The maximum absolute atomic E-state index is 9.10. The average Bonchev–Trinajstić information content (AvgIpc) is 2.55. The lowest BCUT2D eigenvalue weighted by molar-refractivity contribution is -0.159. The zero-order valence-corrected chi connectivity index (χ0v) is 15.9. The van der Waals surface area contributed by atoms with Crippen molar-refractivity contribution in [2.24, 2.45) is 0 Å². The van der Waals surface area contributed by atoms with Gasteiger partial charge in [-0.25, -0.2) is 9.59 Å². The molecule has 2 N–H and O–H groups in total. The van der Waals surface area contributed by atoms with E-state index < -0.39 is 11.9 Å². The van der Waals surface area contributed by atoms with Crippen molar-refractivity contribution in [1.29, 1.82) is 0 Å². The Morgan fingerprint density at radius 3 is 2.23 bits per heavy atom. The molecule has 1 aliphatic heterocycles. The third-order valence-electron chi connectivity index (χ3n) is 3.90. The summed E-state index contributed by atoms with van der Waals surface area (Å²) in [5, 5.41) is 14.8. The number of ether oxygens (including phenoxy) is 2. The third kappa shape index (κ3) is 7.84. The number of hydrogen-bond acceptors (Lipinski definition) is 5. The summed E-state index contributed by atoms with van der Waals surface area (Å²) in [6.07, 6.45) is 0. The summed E-state index contributed by atoms with van der Waals surface area (Å²) in [6.45, 7) is 14.2. The van der Waals surface area contributed by atoms with Gasteiger partial charge in [0.05, 0.1) is 13.2 Å². The van der Waals surface area contributed by atoms with Crippen LogP contribution in [-0.2, 0) is 19.7 Å². The molecule has 7 heteroatoms. The van der Waals surface area contributed by atoms with Gasteiger partial charge in [-0.3, -0.25) is 4.90 Å². The molecule has 0 bridgehead atoms. The number of carbonyl (C=O) groups is 2. The highest BCUT2D eigenvalue weighted by Crippen LogP contribution is 2.32. The van der Waals surface area contributed by atoms with Gasteiger partial charge in [-0.1, -0.05) is 32.9 Å². The fourth-order valence-corrected chi connectivity index (χ4v) is 2.48. The topological polar surface area (TPSA) is 96.3 Å². The van der Waals surface area contributed by atoms with Gasteiger partial charge in [0.25, 0.3) is 0 Å². The van der Waals surface area contributed by atoms with E-state index in [9.17, 15) is 0 Å². The Hall–Kier alpha value is -2.12. The van der Waals surface area contributed by atoms with E-state index in [2.05, 4.69) is 50.8 Å². The highest BCUT2D eigenvalue weighted by Gasteiger charge is 2.19. The maximum Gasteiger partial charge on any atom is 0.414 e. The fourth-order valence-electron chi connectivity index (χ4n) is 2.48. The van der Waals surface area contributed by atoms with E-state index in [1.807, 2.05) is 0 Å². The number of nitrogens with zero attached hydrogens (tertiary/aromatic N) is 1. The molecule has 26 heavy (non-hydrogen) atoms. The third-order valence-corrected chi connectivity index (χ3v) is 3.90. The van der Waals surface area contributed by atoms with Crippen LogP contribution in [-0.4, -0.2) is 66.5 Å². The maximum atomic E-state index is 9.10. The zero-order chi connectivity index (χ0) is 19.7. The molecule has 7 nitrogen and oxygen atoms in total. The molecule has 146 valence electrons. The SMILES string of the molecule is Cc1ccc(C(C)(C)C)c(OCCN2CCOCC2)c1.O=C(O)C(=O)O. The first kappa shape index (κ1) is 21.9. The van der Waals surface area contributed by atoms with Gasteiger partial charge in [-0.15, -0.1) is 0 Å². The van der Waals surface area contributed by atoms with E-state index in [1.54, 1.807) is 0 Å². The zero-order valence-electron chi connectivity index (χ0n) is 15.9. The fraction of sp³-hybridized carbons (Fsp3) is 0.579. The van der Waals surface area contributed by atoms with Crippen molar-refractivity contribution < 1.29 is 29.3 Å². The second-order valence-electron chi connectivity index (χ2n) is 7.16. The van der Waals surface area contributed by atoms with E-state index >= 15 is 0 Å². The van der Waals surface area contributed by atoms with Crippen LogP contribution in [0, 0.1) is 6.92 Å². The number of aryl methyl sites for hydroxylation is 1. The highest BCUT2D eigenvalue weighted by atomic mass is 16.5. The minimum atomic E-state index is -1.82. The first-order valence-electron chi connectivity index (χ1n) is 8.61. The summed E-state index contributed by atoms with van der Waals surface area (Å²) in [6, 6.07) is 6.51. The number of morpholine rings is 1. The summed E-state index contributed by atoms with van der Waals surface area (Å²) in [4.78, 5) is 20.6. The van der Waals surface area contributed by atoms with Crippen LogP contribution in [0.2, 0.25) is 0 Å². The standard InChI is InChI=1S/C17H27NO2.C2H2O4/c1-14-5-6-15(17(2,3)4)16(13-14)20-12-9-18-7-10-19-11-8-18;3-1(4)2(5)6/h5-6,13H,7-12H2,1-4H3;(H,3,4)(H,5,6). The Labute approximate surface area is 154 Å². The summed E-state index contributed by atoms with van der Waals surface area (Å²) >= 11 is 0. The Morgan fingerprint density at radius 2 is 1.73 bits per heavy atom. The minimum absolute atomic E-state index is 0.113. The largest absolute Gasteiger partial charge is 0.492 e. The number of carboxylic acid groups (broad SMARTS) is 2. The summed E-state index contributed by atoms with van der Waals surface area (Å²) in [5.41, 5.74) is 2.64. The van der Waals surface area contributed by atoms with Gasteiger partial charge < -0.3 is 19.7 Å². The molecule has 0 spiro atoms. The van der Waals surface area contributed by atoms with Crippen LogP contribution in [0.5, 0.6) is 5.75 Å². The summed E-state index contributed by atoms with van der Waals surface area (Å²) in [7, 11) is 0.